The molecule has 0 aromatic rings. The summed E-state index contributed by atoms with van der Waals surface area (Å²) in [5.41, 5.74) is -1.09. The number of carbonyl (C=O) groups excluding carboxylic acids is 1. The van der Waals surface area contributed by atoms with Crippen molar-refractivity contribution in [3.8, 4) is 12.3 Å². The van der Waals surface area contributed by atoms with Gasteiger partial charge in [-0.15, -0.1) is 6.42 Å². The largest absolute Gasteiger partial charge is 0.324 e. The maximum absolute atomic E-state index is 11.9. The smallest absolute Gasteiger partial charge is 0.299 e. The fourth-order valence-corrected chi connectivity index (χ4v) is 4.69. The lowest BCUT2D eigenvalue weighted by Crippen LogP contribution is -2.57. The van der Waals surface area contributed by atoms with E-state index >= 15 is 0 Å². The van der Waals surface area contributed by atoms with E-state index in [2.05, 4.69) is 11.2 Å². The number of carbonyl (C=O) groups is 1. The predicted molar refractivity (Wildman–Crippen MR) is 67.0 cm³/mol. The van der Waals surface area contributed by atoms with Gasteiger partial charge in [0, 0.05) is 6.26 Å². The first kappa shape index (κ1) is 12.9. The Morgan fingerprint density at radius 2 is 2.33 bits per heavy atom. The summed E-state index contributed by atoms with van der Waals surface area (Å²) in [5.74, 6) is 2.31. The van der Waals surface area contributed by atoms with Crippen LogP contribution >= 0.6 is 0 Å². The molecule has 0 radical (unpaired) electrons. The highest BCUT2D eigenvalue weighted by molar-refractivity contribution is 7.91. The first-order chi connectivity index (χ1) is 8.34. The molecule has 1 saturated carbocycles. The Balaban J connectivity index is 2.53. The fourth-order valence-electron chi connectivity index (χ4n) is 3.02. The van der Waals surface area contributed by atoms with Crippen LogP contribution in [0.15, 0.2) is 0 Å². The average molecular weight is 269 g/mol. The van der Waals surface area contributed by atoms with Gasteiger partial charge < -0.3 is 0 Å². The number of nitrogens with zero attached hydrogens (tertiary/aromatic N) is 1. The lowest BCUT2D eigenvalue weighted by atomic mass is 9.95. The molecule has 2 aliphatic rings. The summed E-state index contributed by atoms with van der Waals surface area (Å²) in [6.45, 7) is 0.0141. The molecule has 2 atom stereocenters. The van der Waals surface area contributed by atoms with Crippen molar-refractivity contribution >= 4 is 21.7 Å². The van der Waals surface area contributed by atoms with Gasteiger partial charge in [0.15, 0.2) is 9.84 Å². The number of amidine groups is 1. The van der Waals surface area contributed by atoms with E-state index in [0.29, 0.717) is 19.3 Å². The molecule has 7 heteroatoms. The number of nitrogens with one attached hydrogen (secondary N) is 2. The SMILES string of the molecule is C#CCN1C(=O)NC(=N)C12CCCC2S(C)(=O)=O. The van der Waals surface area contributed by atoms with Gasteiger partial charge in [-0.3, -0.25) is 15.6 Å². The molecule has 2 rings (SSSR count). The minimum absolute atomic E-state index is 0.0141. The number of sulfone groups is 1. The van der Waals surface area contributed by atoms with Gasteiger partial charge >= 0.3 is 6.03 Å². The Morgan fingerprint density at radius 1 is 1.67 bits per heavy atom. The molecular formula is C11H15N3O3S. The predicted octanol–water partition coefficient (Wildman–Crippen LogP) is -0.0420. The van der Waals surface area contributed by atoms with Gasteiger partial charge in [0.2, 0.25) is 0 Å². The highest BCUT2D eigenvalue weighted by Crippen LogP contribution is 2.42. The quantitative estimate of drug-likeness (QED) is 0.689. The zero-order chi connectivity index (χ0) is 13.6. The molecule has 1 aliphatic carbocycles. The van der Waals surface area contributed by atoms with Gasteiger partial charge in [0.05, 0.1) is 11.8 Å². The molecule has 2 N–H and O–H groups in total. The van der Waals surface area contributed by atoms with Crippen LogP contribution in [0.2, 0.25) is 0 Å². The van der Waals surface area contributed by atoms with Gasteiger partial charge in [0.1, 0.15) is 11.4 Å². The van der Waals surface area contributed by atoms with Crippen molar-refractivity contribution in [1.82, 2.24) is 10.2 Å². The van der Waals surface area contributed by atoms with E-state index < -0.39 is 26.7 Å². The molecule has 18 heavy (non-hydrogen) atoms. The Morgan fingerprint density at radius 3 is 2.89 bits per heavy atom. The third kappa shape index (κ3) is 1.60. The van der Waals surface area contributed by atoms with Crippen LogP contribution in [-0.2, 0) is 9.84 Å². The minimum Gasteiger partial charge on any atom is -0.299 e. The van der Waals surface area contributed by atoms with Crippen LogP contribution < -0.4 is 5.32 Å². The molecule has 2 amide bonds. The van der Waals surface area contributed by atoms with Crippen LogP contribution in [-0.4, -0.2) is 48.8 Å². The standard InChI is InChI=1S/C11H15N3O3S/c1-3-7-14-10(15)13-9(12)11(14)6-4-5-8(11)18(2,16)17/h1,8H,4-7H2,2H3,(H2,12,13,15). The van der Waals surface area contributed by atoms with Crippen molar-refractivity contribution in [1.29, 1.82) is 5.41 Å². The van der Waals surface area contributed by atoms with Crippen molar-refractivity contribution < 1.29 is 13.2 Å². The monoisotopic (exact) mass is 269 g/mol. The van der Waals surface area contributed by atoms with E-state index in [0.717, 1.165) is 6.26 Å². The summed E-state index contributed by atoms with van der Waals surface area (Å²) in [4.78, 5) is 13.1. The van der Waals surface area contributed by atoms with Gasteiger partial charge in [-0.1, -0.05) is 5.92 Å². The molecule has 2 unspecified atom stereocenters. The molecule has 0 aromatic carbocycles. The molecule has 0 aromatic heterocycles. The van der Waals surface area contributed by atoms with E-state index in [1.165, 1.54) is 4.90 Å². The summed E-state index contributed by atoms with van der Waals surface area (Å²) < 4.78 is 23.8. The Kier molecular flexibility index (Phi) is 2.86. The second-order valence-corrected chi connectivity index (χ2v) is 6.96. The molecule has 2 fully saturated rings. The number of amides is 2. The van der Waals surface area contributed by atoms with Crippen molar-refractivity contribution in [2.45, 2.75) is 30.1 Å². The second kappa shape index (κ2) is 3.99. The molecule has 6 nitrogen and oxygen atoms in total. The van der Waals surface area contributed by atoms with Crippen LogP contribution in [0, 0.1) is 17.8 Å². The van der Waals surface area contributed by atoms with E-state index in [-0.39, 0.29) is 12.4 Å². The maximum atomic E-state index is 11.9. The van der Waals surface area contributed by atoms with Crippen LogP contribution in [0.25, 0.3) is 0 Å². The first-order valence-electron chi connectivity index (χ1n) is 5.64. The normalized spacial score (nSPS) is 31.8. The minimum atomic E-state index is -3.35. The van der Waals surface area contributed by atoms with Crippen molar-refractivity contribution in [2.75, 3.05) is 12.8 Å². The highest BCUT2D eigenvalue weighted by Gasteiger charge is 2.60. The van der Waals surface area contributed by atoms with Crippen LogP contribution in [0.5, 0.6) is 0 Å². The van der Waals surface area contributed by atoms with Gasteiger partial charge in [-0.2, -0.15) is 0 Å². The molecular weight excluding hydrogens is 254 g/mol. The van der Waals surface area contributed by atoms with E-state index in [1.807, 2.05) is 0 Å². The van der Waals surface area contributed by atoms with Crippen LogP contribution in [0.4, 0.5) is 4.79 Å². The number of terminal acetylenes is 1. The summed E-state index contributed by atoms with van der Waals surface area (Å²) in [6, 6.07) is -0.478. The maximum Gasteiger partial charge on any atom is 0.324 e. The fraction of sp³-hybridized carbons (Fsp3) is 0.636. The third-order valence-electron chi connectivity index (χ3n) is 3.71. The van der Waals surface area contributed by atoms with Crippen molar-refractivity contribution in [3.05, 3.63) is 0 Å². The summed E-state index contributed by atoms with van der Waals surface area (Å²) in [6.07, 6.45) is 7.96. The Hall–Kier alpha value is -1.55. The van der Waals surface area contributed by atoms with Gasteiger partial charge in [-0.05, 0) is 19.3 Å². The zero-order valence-corrected chi connectivity index (χ0v) is 10.9. The summed E-state index contributed by atoms with van der Waals surface area (Å²) in [7, 11) is -3.35. The third-order valence-corrected chi connectivity index (χ3v) is 5.37. The topological polar surface area (TPSA) is 90.3 Å². The Bertz CT molecular complexity index is 548. The van der Waals surface area contributed by atoms with Gasteiger partial charge in [0.25, 0.3) is 0 Å². The molecule has 1 saturated heterocycles. The molecule has 98 valence electrons. The zero-order valence-electron chi connectivity index (χ0n) is 10.1. The van der Waals surface area contributed by atoms with Crippen molar-refractivity contribution in [2.24, 2.45) is 0 Å². The second-order valence-electron chi connectivity index (χ2n) is 4.73. The Labute approximate surface area is 106 Å². The van der Waals surface area contributed by atoms with Crippen LogP contribution in [0.1, 0.15) is 19.3 Å². The molecule has 1 spiro atoms. The van der Waals surface area contributed by atoms with Crippen molar-refractivity contribution in [3.63, 3.8) is 0 Å². The van der Waals surface area contributed by atoms with E-state index in [1.54, 1.807) is 0 Å². The number of urea groups is 1. The number of hydrogen-bond donors (Lipinski definition) is 2. The molecule has 1 heterocycles. The molecule has 1 aliphatic heterocycles. The lowest BCUT2D eigenvalue weighted by molar-refractivity contribution is 0.186. The first-order valence-corrected chi connectivity index (χ1v) is 7.59. The molecule has 0 bridgehead atoms. The number of hydrogen-bond acceptors (Lipinski definition) is 4. The number of rotatable bonds is 2. The van der Waals surface area contributed by atoms with Gasteiger partial charge in [-0.25, -0.2) is 13.2 Å². The highest BCUT2D eigenvalue weighted by atomic mass is 32.2. The summed E-state index contributed by atoms with van der Waals surface area (Å²) >= 11 is 0. The van der Waals surface area contributed by atoms with Crippen LogP contribution in [0.3, 0.4) is 0 Å². The van der Waals surface area contributed by atoms with E-state index in [9.17, 15) is 13.2 Å². The lowest BCUT2D eigenvalue weighted by Gasteiger charge is -2.36. The van der Waals surface area contributed by atoms with E-state index in [4.69, 9.17) is 11.8 Å². The average Bonchev–Trinajstić information content (AvgIpc) is 2.78. The summed E-state index contributed by atoms with van der Waals surface area (Å²) in [5, 5.41) is 9.59.